The van der Waals surface area contributed by atoms with Gasteiger partial charge in [0.25, 0.3) is 0 Å². The Morgan fingerprint density at radius 3 is 2.13 bits per heavy atom. The lowest BCUT2D eigenvalue weighted by molar-refractivity contribution is -0.131. The molecule has 0 saturated carbocycles. The average Bonchev–Trinajstić information content (AvgIpc) is 2.15. The van der Waals surface area contributed by atoms with Crippen LogP contribution >= 0.6 is 15.9 Å². The minimum absolute atomic E-state index is 0.0103. The summed E-state index contributed by atoms with van der Waals surface area (Å²) in [5.74, 6) is -0.698. The van der Waals surface area contributed by atoms with E-state index in [0.717, 1.165) is 0 Å². The van der Waals surface area contributed by atoms with Gasteiger partial charge in [0.15, 0.2) is 0 Å². The highest BCUT2D eigenvalue weighted by Gasteiger charge is 2.21. The van der Waals surface area contributed by atoms with Crippen molar-refractivity contribution in [3.63, 3.8) is 0 Å². The summed E-state index contributed by atoms with van der Waals surface area (Å²) in [4.78, 5) is 23.3. The number of primary amides is 1. The molecule has 2 N–H and O–H groups in total. The SMILES string of the molecule is C=CCN(CC=C)C(=O)C(Br)CC(N)=O. The first-order valence-corrected chi connectivity index (χ1v) is 5.37. The molecule has 1 atom stereocenters. The summed E-state index contributed by atoms with van der Waals surface area (Å²) in [6.07, 6.45) is 3.22. The van der Waals surface area contributed by atoms with E-state index in [-0.39, 0.29) is 12.3 Å². The molecule has 2 amide bonds. The molecular weight excluding hydrogens is 260 g/mol. The molecule has 0 aliphatic heterocycles. The zero-order valence-electron chi connectivity index (χ0n) is 8.49. The number of carbonyl (C=O) groups excluding carboxylic acids is 2. The Morgan fingerprint density at radius 1 is 1.33 bits per heavy atom. The highest BCUT2D eigenvalue weighted by Crippen LogP contribution is 2.09. The predicted octanol–water partition coefficient (Wildman–Crippen LogP) is 0.826. The molecule has 0 aromatic carbocycles. The zero-order chi connectivity index (χ0) is 11.8. The lowest BCUT2D eigenvalue weighted by Gasteiger charge is -2.21. The largest absolute Gasteiger partial charge is 0.370 e. The summed E-state index contributed by atoms with van der Waals surface area (Å²) < 4.78 is 0. The van der Waals surface area contributed by atoms with Crippen molar-refractivity contribution in [2.45, 2.75) is 11.2 Å². The molecule has 0 aromatic heterocycles. The summed E-state index contributed by atoms with van der Waals surface area (Å²) in [6, 6.07) is 0. The second kappa shape index (κ2) is 7.23. The predicted molar refractivity (Wildman–Crippen MR) is 63.5 cm³/mol. The fraction of sp³-hybridized carbons (Fsp3) is 0.400. The Hall–Kier alpha value is -1.10. The van der Waals surface area contributed by atoms with Crippen molar-refractivity contribution in [1.82, 2.24) is 4.90 Å². The van der Waals surface area contributed by atoms with Crippen LogP contribution in [0.3, 0.4) is 0 Å². The van der Waals surface area contributed by atoms with Crippen molar-refractivity contribution in [2.24, 2.45) is 5.73 Å². The Labute approximate surface area is 97.9 Å². The van der Waals surface area contributed by atoms with Gasteiger partial charge in [-0.05, 0) is 0 Å². The van der Waals surface area contributed by atoms with E-state index < -0.39 is 10.7 Å². The van der Waals surface area contributed by atoms with Crippen LogP contribution in [-0.4, -0.2) is 34.6 Å². The molecule has 1 unspecified atom stereocenters. The fourth-order valence-corrected chi connectivity index (χ4v) is 1.64. The van der Waals surface area contributed by atoms with Gasteiger partial charge in [-0.3, -0.25) is 9.59 Å². The van der Waals surface area contributed by atoms with Gasteiger partial charge in [0.2, 0.25) is 11.8 Å². The molecule has 0 aromatic rings. The van der Waals surface area contributed by atoms with Crippen molar-refractivity contribution in [1.29, 1.82) is 0 Å². The van der Waals surface area contributed by atoms with E-state index in [1.165, 1.54) is 4.90 Å². The van der Waals surface area contributed by atoms with Gasteiger partial charge < -0.3 is 10.6 Å². The van der Waals surface area contributed by atoms with Crippen LogP contribution in [0.15, 0.2) is 25.3 Å². The maximum Gasteiger partial charge on any atom is 0.237 e. The Balaban J connectivity index is 4.39. The minimum Gasteiger partial charge on any atom is -0.370 e. The molecule has 0 aliphatic rings. The van der Waals surface area contributed by atoms with Crippen LogP contribution in [-0.2, 0) is 9.59 Å². The van der Waals surface area contributed by atoms with Gasteiger partial charge in [0.05, 0.1) is 0 Å². The smallest absolute Gasteiger partial charge is 0.237 e. The summed E-state index contributed by atoms with van der Waals surface area (Å²) in [6.45, 7) is 7.95. The molecule has 0 aliphatic carbocycles. The van der Waals surface area contributed by atoms with E-state index in [9.17, 15) is 9.59 Å². The molecule has 5 heteroatoms. The first-order chi connectivity index (χ1) is 7.02. The van der Waals surface area contributed by atoms with Crippen LogP contribution in [0.1, 0.15) is 6.42 Å². The third-order valence-electron chi connectivity index (χ3n) is 1.66. The van der Waals surface area contributed by atoms with Crippen LogP contribution in [0.25, 0.3) is 0 Å². The zero-order valence-corrected chi connectivity index (χ0v) is 10.1. The van der Waals surface area contributed by atoms with Gasteiger partial charge in [-0.15, -0.1) is 13.2 Å². The molecular formula is C10H15BrN2O2. The molecule has 15 heavy (non-hydrogen) atoms. The number of nitrogens with zero attached hydrogens (tertiary/aromatic N) is 1. The number of nitrogens with two attached hydrogens (primary N) is 1. The normalized spacial score (nSPS) is 11.5. The molecule has 0 bridgehead atoms. The summed E-state index contributed by atoms with van der Waals surface area (Å²) in [5, 5.41) is 0. The van der Waals surface area contributed by atoms with Crippen molar-refractivity contribution in [3.05, 3.63) is 25.3 Å². The molecule has 0 saturated heterocycles. The van der Waals surface area contributed by atoms with E-state index in [1.54, 1.807) is 12.2 Å². The van der Waals surface area contributed by atoms with Gasteiger partial charge in [0.1, 0.15) is 4.83 Å². The van der Waals surface area contributed by atoms with Gasteiger partial charge in [-0.2, -0.15) is 0 Å². The maximum absolute atomic E-state index is 11.7. The summed E-state index contributed by atoms with van der Waals surface area (Å²) in [7, 11) is 0. The number of carbonyl (C=O) groups is 2. The van der Waals surface area contributed by atoms with E-state index in [2.05, 4.69) is 29.1 Å². The molecule has 0 heterocycles. The third kappa shape index (κ3) is 5.37. The topological polar surface area (TPSA) is 63.4 Å². The van der Waals surface area contributed by atoms with Gasteiger partial charge in [-0.25, -0.2) is 0 Å². The fourth-order valence-electron chi connectivity index (χ4n) is 1.03. The third-order valence-corrected chi connectivity index (χ3v) is 2.37. The Kier molecular flexibility index (Phi) is 6.70. The molecule has 0 rings (SSSR count). The van der Waals surface area contributed by atoms with Gasteiger partial charge in [0, 0.05) is 19.5 Å². The number of halogens is 1. The van der Waals surface area contributed by atoms with Crippen molar-refractivity contribution >= 4 is 27.7 Å². The molecule has 0 fully saturated rings. The highest BCUT2D eigenvalue weighted by atomic mass is 79.9. The maximum atomic E-state index is 11.7. The van der Waals surface area contributed by atoms with E-state index >= 15 is 0 Å². The average molecular weight is 275 g/mol. The Morgan fingerprint density at radius 2 is 1.80 bits per heavy atom. The number of hydrogen-bond donors (Lipinski definition) is 1. The molecule has 0 radical (unpaired) electrons. The lowest BCUT2D eigenvalue weighted by Crippen LogP contribution is -2.38. The lowest BCUT2D eigenvalue weighted by atomic mass is 10.2. The van der Waals surface area contributed by atoms with Gasteiger partial charge >= 0.3 is 0 Å². The Bertz CT molecular complexity index is 256. The van der Waals surface area contributed by atoms with Crippen LogP contribution in [0.5, 0.6) is 0 Å². The number of alkyl halides is 1. The number of hydrogen-bond acceptors (Lipinski definition) is 2. The first kappa shape index (κ1) is 13.9. The van der Waals surface area contributed by atoms with Crippen LogP contribution < -0.4 is 5.73 Å². The summed E-state index contributed by atoms with van der Waals surface area (Å²) >= 11 is 3.12. The quantitative estimate of drug-likeness (QED) is 0.552. The monoisotopic (exact) mass is 274 g/mol. The van der Waals surface area contributed by atoms with Crippen molar-refractivity contribution in [2.75, 3.05) is 13.1 Å². The van der Waals surface area contributed by atoms with Gasteiger partial charge in [-0.1, -0.05) is 28.1 Å². The van der Waals surface area contributed by atoms with Crippen molar-refractivity contribution in [3.8, 4) is 0 Å². The van der Waals surface area contributed by atoms with E-state index in [1.807, 2.05) is 0 Å². The highest BCUT2D eigenvalue weighted by molar-refractivity contribution is 9.10. The van der Waals surface area contributed by atoms with Crippen molar-refractivity contribution < 1.29 is 9.59 Å². The number of rotatable bonds is 7. The standard InChI is InChI=1S/C10H15BrN2O2/c1-3-5-13(6-4-2)10(15)8(11)7-9(12)14/h3-4,8H,1-2,5-7H2,(H2,12,14). The second-order valence-electron chi connectivity index (χ2n) is 2.96. The van der Waals surface area contributed by atoms with Crippen LogP contribution in [0, 0.1) is 0 Å². The van der Waals surface area contributed by atoms with Crippen LogP contribution in [0.4, 0.5) is 0 Å². The minimum atomic E-state index is -0.574. The van der Waals surface area contributed by atoms with Crippen LogP contribution in [0.2, 0.25) is 0 Å². The molecule has 4 nitrogen and oxygen atoms in total. The first-order valence-electron chi connectivity index (χ1n) is 4.45. The summed E-state index contributed by atoms with van der Waals surface area (Å²) in [5.41, 5.74) is 5.00. The molecule has 0 spiro atoms. The number of amides is 2. The second-order valence-corrected chi connectivity index (χ2v) is 4.06. The van der Waals surface area contributed by atoms with E-state index in [4.69, 9.17) is 5.73 Å². The van der Waals surface area contributed by atoms with E-state index in [0.29, 0.717) is 13.1 Å². The molecule has 84 valence electrons.